The highest BCUT2D eigenvalue weighted by molar-refractivity contribution is 7.92. The van der Waals surface area contributed by atoms with Gasteiger partial charge in [-0.3, -0.25) is 14.4 Å². The molecule has 0 spiro atoms. The fourth-order valence-corrected chi connectivity index (χ4v) is 4.07. The number of benzene rings is 2. The third kappa shape index (κ3) is 3.34. The number of non-ortho nitro benzene ring substituents is 1. The molecule has 132 valence electrons. The maximum Gasteiger partial charge on any atom is 0.269 e. The zero-order chi connectivity index (χ0) is 18.0. The Morgan fingerprint density at radius 3 is 2.52 bits per heavy atom. The summed E-state index contributed by atoms with van der Waals surface area (Å²) in [6, 6.07) is 11.8. The molecule has 0 fully saturated rings. The highest BCUT2D eigenvalue weighted by atomic mass is 32.2. The average Bonchev–Trinajstić information content (AvgIpc) is 2.81. The quantitative estimate of drug-likeness (QED) is 0.610. The monoisotopic (exact) mass is 364 g/mol. The van der Waals surface area contributed by atoms with E-state index in [0.717, 1.165) is 0 Å². The normalized spacial score (nSPS) is 17.6. The lowest BCUT2D eigenvalue weighted by molar-refractivity contribution is -0.384. The van der Waals surface area contributed by atoms with Crippen LogP contribution in [0.25, 0.3) is 0 Å². The van der Waals surface area contributed by atoms with Crippen molar-refractivity contribution < 1.29 is 22.8 Å². The number of sulfonamides is 1. The van der Waals surface area contributed by atoms with Gasteiger partial charge in [-0.25, -0.2) is 8.42 Å². The summed E-state index contributed by atoms with van der Waals surface area (Å²) in [7, 11) is -2.49. The number of fused-ring (bicyclic) bond motifs is 1. The van der Waals surface area contributed by atoms with E-state index < -0.39 is 21.2 Å². The van der Waals surface area contributed by atoms with Crippen molar-refractivity contribution in [1.82, 2.24) is 0 Å². The molecule has 0 aromatic heterocycles. The molecule has 8 nitrogen and oxygen atoms in total. The van der Waals surface area contributed by atoms with Crippen LogP contribution in [-0.2, 0) is 26.1 Å². The fraction of sp³-hybridized carbons (Fsp3) is 0.250. The molecular formula is C16H16N2O6S. The van der Waals surface area contributed by atoms with Crippen LogP contribution >= 0.6 is 0 Å². The Morgan fingerprint density at radius 2 is 1.88 bits per heavy atom. The van der Waals surface area contributed by atoms with E-state index in [1.165, 1.54) is 35.7 Å². The van der Waals surface area contributed by atoms with Crippen molar-refractivity contribution in [2.75, 3.05) is 18.0 Å². The van der Waals surface area contributed by atoms with Crippen LogP contribution in [0, 0.1) is 10.1 Å². The lowest BCUT2D eigenvalue weighted by atomic mass is 10.2. The number of methoxy groups -OCH3 is 1. The van der Waals surface area contributed by atoms with Gasteiger partial charge in [0.2, 0.25) is 0 Å². The van der Waals surface area contributed by atoms with Gasteiger partial charge in [0.05, 0.1) is 28.7 Å². The van der Waals surface area contributed by atoms with Crippen molar-refractivity contribution in [2.45, 2.75) is 17.8 Å². The highest BCUT2D eigenvalue weighted by Gasteiger charge is 2.32. The summed E-state index contributed by atoms with van der Waals surface area (Å²) in [6.45, 7) is 0.202. The van der Waals surface area contributed by atoms with Crippen molar-refractivity contribution in [3.05, 3.63) is 64.2 Å². The average molecular weight is 364 g/mol. The molecule has 1 aliphatic rings. The molecule has 2 aromatic rings. The van der Waals surface area contributed by atoms with Crippen molar-refractivity contribution in [3.8, 4) is 0 Å². The largest absolute Gasteiger partial charge is 0.354 e. The van der Waals surface area contributed by atoms with E-state index in [1.807, 2.05) is 0 Å². The SMILES string of the molecule is CO[C@H]1CN(S(=O)(=O)c2ccc([N+](=O)[O-])cc2)c2ccccc2CO1. The molecule has 0 bridgehead atoms. The summed E-state index contributed by atoms with van der Waals surface area (Å²) in [5, 5.41) is 10.8. The zero-order valence-electron chi connectivity index (χ0n) is 13.4. The summed E-state index contributed by atoms with van der Waals surface area (Å²) in [5.74, 6) is 0. The molecule has 0 saturated heterocycles. The van der Waals surface area contributed by atoms with Gasteiger partial charge in [-0.05, 0) is 18.2 Å². The number of nitro benzene ring substituents is 1. The second-order valence-corrected chi connectivity index (χ2v) is 7.25. The maximum atomic E-state index is 13.1. The van der Waals surface area contributed by atoms with Gasteiger partial charge in [0.1, 0.15) is 0 Å². The standard InChI is InChI=1S/C16H16N2O6S/c1-23-16-10-17(15-5-3-2-4-12(15)11-24-16)25(21,22)14-8-6-13(7-9-14)18(19)20/h2-9,16H,10-11H2,1H3/t16-/m1/s1. The van der Waals surface area contributed by atoms with Gasteiger partial charge < -0.3 is 9.47 Å². The first-order chi connectivity index (χ1) is 11.9. The van der Waals surface area contributed by atoms with Gasteiger partial charge in [0, 0.05) is 24.8 Å². The van der Waals surface area contributed by atoms with Crippen molar-refractivity contribution in [3.63, 3.8) is 0 Å². The van der Waals surface area contributed by atoms with Crippen LogP contribution in [-0.4, -0.2) is 33.3 Å². The molecule has 25 heavy (non-hydrogen) atoms. The van der Waals surface area contributed by atoms with Gasteiger partial charge in [0.15, 0.2) is 6.29 Å². The number of para-hydroxylation sites is 1. The first kappa shape index (κ1) is 17.3. The minimum atomic E-state index is -3.93. The molecule has 0 N–H and O–H groups in total. The molecule has 1 heterocycles. The van der Waals surface area contributed by atoms with E-state index in [1.54, 1.807) is 24.3 Å². The van der Waals surface area contributed by atoms with E-state index in [0.29, 0.717) is 11.3 Å². The Labute approximate surface area is 144 Å². The second kappa shape index (κ2) is 6.79. The van der Waals surface area contributed by atoms with E-state index in [-0.39, 0.29) is 23.7 Å². The molecule has 0 aliphatic carbocycles. The van der Waals surface area contributed by atoms with E-state index >= 15 is 0 Å². The molecule has 0 unspecified atom stereocenters. The van der Waals surface area contributed by atoms with E-state index in [9.17, 15) is 18.5 Å². The summed E-state index contributed by atoms with van der Waals surface area (Å²) < 4.78 is 38.2. The topological polar surface area (TPSA) is 99.0 Å². The molecule has 2 aromatic carbocycles. The second-order valence-electron chi connectivity index (χ2n) is 5.39. The van der Waals surface area contributed by atoms with Crippen molar-refractivity contribution in [1.29, 1.82) is 0 Å². The van der Waals surface area contributed by atoms with Crippen LogP contribution in [0.2, 0.25) is 0 Å². The van der Waals surface area contributed by atoms with Gasteiger partial charge >= 0.3 is 0 Å². The number of anilines is 1. The van der Waals surface area contributed by atoms with Crippen LogP contribution < -0.4 is 4.31 Å². The lowest BCUT2D eigenvalue weighted by Gasteiger charge is -2.26. The van der Waals surface area contributed by atoms with Gasteiger partial charge in [0.25, 0.3) is 15.7 Å². The Morgan fingerprint density at radius 1 is 1.20 bits per heavy atom. The maximum absolute atomic E-state index is 13.1. The van der Waals surface area contributed by atoms with Crippen LogP contribution in [0.5, 0.6) is 0 Å². The number of rotatable bonds is 4. The summed E-state index contributed by atoms with van der Waals surface area (Å²) in [4.78, 5) is 10.2. The van der Waals surface area contributed by atoms with Crippen LogP contribution in [0.1, 0.15) is 5.56 Å². The number of hydrogen-bond acceptors (Lipinski definition) is 6. The Bertz CT molecular complexity index is 882. The number of ether oxygens (including phenoxy) is 2. The predicted molar refractivity (Wildman–Crippen MR) is 89.7 cm³/mol. The van der Waals surface area contributed by atoms with E-state index in [4.69, 9.17) is 9.47 Å². The number of nitro groups is 1. The minimum absolute atomic E-state index is 0.0210. The fourth-order valence-electron chi connectivity index (χ4n) is 2.58. The summed E-state index contributed by atoms with van der Waals surface area (Å²) >= 11 is 0. The molecule has 0 amide bonds. The molecule has 9 heteroatoms. The van der Waals surface area contributed by atoms with E-state index in [2.05, 4.69) is 0 Å². The Kier molecular flexibility index (Phi) is 4.71. The first-order valence-corrected chi connectivity index (χ1v) is 8.87. The Hall–Kier alpha value is -2.49. The number of hydrogen-bond donors (Lipinski definition) is 0. The first-order valence-electron chi connectivity index (χ1n) is 7.43. The smallest absolute Gasteiger partial charge is 0.269 e. The Balaban J connectivity index is 2.06. The van der Waals surface area contributed by atoms with Crippen LogP contribution in [0.3, 0.4) is 0 Å². The van der Waals surface area contributed by atoms with Gasteiger partial charge in [-0.15, -0.1) is 0 Å². The van der Waals surface area contributed by atoms with Crippen molar-refractivity contribution in [2.24, 2.45) is 0 Å². The zero-order valence-corrected chi connectivity index (χ0v) is 14.2. The molecule has 3 rings (SSSR count). The summed E-state index contributed by atoms with van der Waals surface area (Å²) in [6.07, 6.45) is -0.722. The van der Waals surface area contributed by atoms with Gasteiger partial charge in [-0.2, -0.15) is 0 Å². The third-order valence-corrected chi connectivity index (χ3v) is 5.69. The molecule has 1 atom stereocenters. The van der Waals surface area contributed by atoms with Crippen LogP contribution in [0.15, 0.2) is 53.4 Å². The molecule has 0 radical (unpaired) electrons. The molecule has 0 saturated carbocycles. The minimum Gasteiger partial charge on any atom is -0.354 e. The summed E-state index contributed by atoms with van der Waals surface area (Å²) in [5.41, 5.74) is 1.04. The van der Waals surface area contributed by atoms with Gasteiger partial charge in [-0.1, -0.05) is 18.2 Å². The van der Waals surface area contributed by atoms with Crippen LogP contribution in [0.4, 0.5) is 11.4 Å². The molecular weight excluding hydrogens is 348 g/mol. The third-order valence-electron chi connectivity index (χ3n) is 3.90. The molecule has 1 aliphatic heterocycles. The predicted octanol–water partition coefficient (Wildman–Crippen LogP) is 2.29. The highest BCUT2D eigenvalue weighted by Crippen LogP contribution is 2.31. The van der Waals surface area contributed by atoms with Crippen molar-refractivity contribution >= 4 is 21.4 Å². The lowest BCUT2D eigenvalue weighted by Crippen LogP contribution is -2.38. The number of nitrogens with zero attached hydrogens (tertiary/aromatic N) is 2.